The lowest BCUT2D eigenvalue weighted by atomic mass is 9.86. The number of carbonyl (C=O) groups excluding carboxylic acids is 1. The van der Waals surface area contributed by atoms with E-state index >= 15 is 0 Å². The molecule has 2 atom stereocenters. The largest absolute Gasteiger partial charge is 0.467 e. The van der Waals surface area contributed by atoms with Crippen molar-refractivity contribution in [3.05, 3.63) is 0 Å². The van der Waals surface area contributed by atoms with Gasteiger partial charge in [0, 0.05) is 5.25 Å². The van der Waals surface area contributed by atoms with Crippen molar-refractivity contribution in [2.75, 3.05) is 7.11 Å². The standard InChI is InChI=1S/C8H13FO2S/c1-11-7(10)8(9)5-3-2-4-6(8)12/h6,12H,2-5H2,1H3. The monoisotopic (exact) mass is 192 g/mol. The molecule has 1 rings (SSSR count). The number of esters is 1. The van der Waals surface area contributed by atoms with Gasteiger partial charge < -0.3 is 4.74 Å². The molecular weight excluding hydrogens is 179 g/mol. The first-order valence-electron chi connectivity index (χ1n) is 4.06. The van der Waals surface area contributed by atoms with Crippen LogP contribution in [-0.4, -0.2) is 24.0 Å². The zero-order chi connectivity index (χ0) is 9.19. The van der Waals surface area contributed by atoms with Crippen molar-refractivity contribution in [1.29, 1.82) is 0 Å². The van der Waals surface area contributed by atoms with Crippen LogP contribution >= 0.6 is 12.6 Å². The summed E-state index contributed by atoms with van der Waals surface area (Å²) >= 11 is 4.06. The van der Waals surface area contributed by atoms with Crippen LogP contribution < -0.4 is 0 Å². The summed E-state index contributed by atoms with van der Waals surface area (Å²) in [6, 6.07) is 0. The third-order valence-electron chi connectivity index (χ3n) is 2.32. The normalized spacial score (nSPS) is 36.1. The highest BCUT2D eigenvalue weighted by Crippen LogP contribution is 2.36. The van der Waals surface area contributed by atoms with E-state index in [4.69, 9.17) is 0 Å². The Morgan fingerprint density at radius 3 is 2.83 bits per heavy atom. The minimum atomic E-state index is -1.85. The predicted octanol–water partition coefficient (Wildman–Crippen LogP) is 1.74. The van der Waals surface area contributed by atoms with E-state index in [0.717, 1.165) is 12.8 Å². The highest BCUT2D eigenvalue weighted by molar-refractivity contribution is 7.81. The molecule has 0 aromatic rings. The van der Waals surface area contributed by atoms with Crippen LogP contribution in [0, 0.1) is 0 Å². The first kappa shape index (κ1) is 9.84. The molecule has 2 unspecified atom stereocenters. The van der Waals surface area contributed by atoms with Gasteiger partial charge in [0.2, 0.25) is 5.67 Å². The van der Waals surface area contributed by atoms with E-state index in [9.17, 15) is 9.18 Å². The maximum atomic E-state index is 13.8. The van der Waals surface area contributed by atoms with Crippen molar-refractivity contribution < 1.29 is 13.9 Å². The Labute approximate surface area is 76.9 Å². The van der Waals surface area contributed by atoms with Gasteiger partial charge in [0.25, 0.3) is 0 Å². The zero-order valence-electron chi connectivity index (χ0n) is 7.05. The van der Waals surface area contributed by atoms with Gasteiger partial charge in [-0.1, -0.05) is 6.42 Å². The Morgan fingerprint density at radius 1 is 1.67 bits per heavy atom. The fraction of sp³-hybridized carbons (Fsp3) is 0.875. The molecule has 1 saturated carbocycles. The molecule has 12 heavy (non-hydrogen) atoms. The van der Waals surface area contributed by atoms with Gasteiger partial charge in [-0.2, -0.15) is 12.6 Å². The molecule has 1 aliphatic carbocycles. The minimum Gasteiger partial charge on any atom is -0.467 e. The molecule has 0 heterocycles. The van der Waals surface area contributed by atoms with Crippen molar-refractivity contribution >= 4 is 18.6 Å². The Kier molecular flexibility index (Phi) is 2.99. The van der Waals surface area contributed by atoms with Gasteiger partial charge in [0.15, 0.2) is 0 Å². The second kappa shape index (κ2) is 3.64. The second-order valence-electron chi connectivity index (χ2n) is 3.12. The van der Waals surface area contributed by atoms with Crippen LogP contribution in [0.2, 0.25) is 0 Å². The van der Waals surface area contributed by atoms with E-state index in [1.807, 2.05) is 0 Å². The van der Waals surface area contributed by atoms with Crippen molar-refractivity contribution in [3.8, 4) is 0 Å². The quantitative estimate of drug-likeness (QED) is 0.506. The van der Waals surface area contributed by atoms with E-state index < -0.39 is 16.9 Å². The maximum Gasteiger partial charge on any atom is 0.344 e. The van der Waals surface area contributed by atoms with Crippen LogP contribution in [0.5, 0.6) is 0 Å². The van der Waals surface area contributed by atoms with E-state index in [2.05, 4.69) is 17.4 Å². The number of thiol groups is 1. The number of hydrogen-bond acceptors (Lipinski definition) is 3. The number of alkyl halides is 1. The Balaban J connectivity index is 2.72. The summed E-state index contributed by atoms with van der Waals surface area (Å²) in [6.45, 7) is 0. The lowest BCUT2D eigenvalue weighted by molar-refractivity contribution is -0.156. The fourth-order valence-electron chi connectivity index (χ4n) is 1.52. The van der Waals surface area contributed by atoms with Gasteiger partial charge >= 0.3 is 5.97 Å². The summed E-state index contributed by atoms with van der Waals surface area (Å²) in [5.41, 5.74) is -1.85. The number of rotatable bonds is 1. The smallest absolute Gasteiger partial charge is 0.344 e. The fourth-order valence-corrected chi connectivity index (χ4v) is 1.94. The topological polar surface area (TPSA) is 26.3 Å². The van der Waals surface area contributed by atoms with Gasteiger partial charge in [-0.15, -0.1) is 0 Å². The molecule has 0 bridgehead atoms. The highest BCUT2D eigenvalue weighted by Gasteiger charge is 2.47. The Morgan fingerprint density at radius 2 is 2.33 bits per heavy atom. The van der Waals surface area contributed by atoms with E-state index in [1.54, 1.807) is 0 Å². The Hall–Kier alpha value is -0.250. The van der Waals surface area contributed by atoms with Crippen molar-refractivity contribution in [3.63, 3.8) is 0 Å². The number of methoxy groups -OCH3 is 1. The first-order chi connectivity index (χ1) is 5.61. The minimum absolute atomic E-state index is 0.244. The second-order valence-corrected chi connectivity index (χ2v) is 3.74. The highest BCUT2D eigenvalue weighted by atomic mass is 32.1. The van der Waals surface area contributed by atoms with Crippen LogP contribution in [0.25, 0.3) is 0 Å². The van der Waals surface area contributed by atoms with Crippen molar-refractivity contribution in [2.45, 2.75) is 36.6 Å². The summed E-state index contributed by atoms with van der Waals surface area (Å²) in [6.07, 6.45) is 2.57. The lowest BCUT2D eigenvalue weighted by Gasteiger charge is -2.31. The SMILES string of the molecule is COC(=O)C1(F)CCCCC1S. The maximum absolute atomic E-state index is 13.8. The lowest BCUT2D eigenvalue weighted by Crippen LogP contribution is -2.45. The van der Waals surface area contributed by atoms with Gasteiger partial charge in [0.1, 0.15) is 0 Å². The molecule has 0 spiro atoms. The van der Waals surface area contributed by atoms with Crippen molar-refractivity contribution in [1.82, 2.24) is 0 Å². The third-order valence-corrected chi connectivity index (χ3v) is 2.99. The number of halogens is 1. The summed E-state index contributed by atoms with van der Waals surface area (Å²) in [7, 11) is 1.21. The van der Waals surface area contributed by atoms with Gasteiger partial charge in [-0.25, -0.2) is 9.18 Å². The van der Waals surface area contributed by atoms with Crippen LogP contribution in [0.15, 0.2) is 0 Å². The molecule has 0 radical (unpaired) electrons. The van der Waals surface area contributed by atoms with E-state index in [-0.39, 0.29) is 6.42 Å². The molecule has 0 N–H and O–H groups in total. The molecule has 2 nitrogen and oxygen atoms in total. The van der Waals surface area contributed by atoms with Gasteiger partial charge in [0.05, 0.1) is 7.11 Å². The molecule has 1 fully saturated rings. The Bertz CT molecular complexity index is 186. The molecule has 0 aromatic heterocycles. The predicted molar refractivity (Wildman–Crippen MR) is 47.1 cm³/mol. The summed E-state index contributed by atoms with van der Waals surface area (Å²) < 4.78 is 18.2. The van der Waals surface area contributed by atoms with Crippen LogP contribution in [0.3, 0.4) is 0 Å². The summed E-state index contributed by atoms with van der Waals surface area (Å²) in [4.78, 5) is 11.1. The van der Waals surface area contributed by atoms with Gasteiger partial charge in [-0.05, 0) is 19.3 Å². The summed E-state index contributed by atoms with van der Waals surface area (Å²) in [5.74, 6) is -0.776. The van der Waals surface area contributed by atoms with Crippen molar-refractivity contribution in [2.24, 2.45) is 0 Å². The molecule has 4 heteroatoms. The summed E-state index contributed by atoms with van der Waals surface area (Å²) in [5, 5.41) is -0.501. The molecule has 70 valence electrons. The first-order valence-corrected chi connectivity index (χ1v) is 4.58. The molecule has 0 amide bonds. The van der Waals surface area contributed by atoms with Crippen LogP contribution in [0.1, 0.15) is 25.7 Å². The van der Waals surface area contributed by atoms with Crippen LogP contribution in [-0.2, 0) is 9.53 Å². The number of hydrogen-bond donors (Lipinski definition) is 1. The van der Waals surface area contributed by atoms with Crippen LogP contribution in [0.4, 0.5) is 4.39 Å². The number of carbonyl (C=O) groups is 1. The molecular formula is C8H13FO2S. The zero-order valence-corrected chi connectivity index (χ0v) is 7.94. The van der Waals surface area contributed by atoms with E-state index in [0.29, 0.717) is 6.42 Å². The average Bonchev–Trinajstić information content (AvgIpc) is 2.09. The molecule has 0 aromatic carbocycles. The average molecular weight is 192 g/mol. The number of ether oxygens (including phenoxy) is 1. The van der Waals surface area contributed by atoms with E-state index in [1.165, 1.54) is 7.11 Å². The molecule has 0 aliphatic heterocycles. The molecule has 0 saturated heterocycles. The van der Waals surface area contributed by atoms with Gasteiger partial charge in [-0.3, -0.25) is 0 Å². The molecule has 1 aliphatic rings. The third kappa shape index (κ3) is 1.58.